The van der Waals surface area contributed by atoms with E-state index in [0.29, 0.717) is 0 Å². The van der Waals surface area contributed by atoms with Gasteiger partial charge < -0.3 is 25.5 Å². The molecule has 0 rings (SSSR count). The molecule has 0 aromatic heterocycles. The van der Waals surface area contributed by atoms with E-state index in [1.807, 2.05) is 0 Å². The van der Waals surface area contributed by atoms with Gasteiger partial charge in [0.1, 0.15) is 18.3 Å². The highest BCUT2D eigenvalue weighted by Gasteiger charge is 2.53. The van der Waals surface area contributed by atoms with Crippen LogP contribution in [0.5, 0.6) is 0 Å². The molecule has 0 aromatic rings. The van der Waals surface area contributed by atoms with Crippen molar-refractivity contribution in [3.63, 3.8) is 0 Å². The Morgan fingerprint density at radius 1 is 1.11 bits per heavy atom. The van der Waals surface area contributed by atoms with Gasteiger partial charge in [-0.3, -0.25) is 14.4 Å². The number of aliphatic hydroxyl groups excluding tert-OH is 4. The molecule has 0 aliphatic rings. The van der Waals surface area contributed by atoms with Gasteiger partial charge in [0.05, 0.1) is 6.61 Å². The Balaban J connectivity index is 5.43. The molecule has 4 atom stereocenters. The van der Waals surface area contributed by atoms with E-state index in [4.69, 9.17) is 10.2 Å². The Labute approximate surface area is 102 Å². The molecule has 18 heavy (non-hydrogen) atoms. The Bertz CT molecular complexity index is 352. The normalized spacial score (nSPS) is 19.5. The lowest BCUT2D eigenvalue weighted by Crippen LogP contribution is -2.63. The summed E-state index contributed by atoms with van der Waals surface area (Å²) < 4.78 is 0. The first kappa shape index (κ1) is 16.8. The van der Waals surface area contributed by atoms with Crippen molar-refractivity contribution in [1.29, 1.82) is 0 Å². The monoisotopic (exact) mass is 264 g/mol. The van der Waals surface area contributed by atoms with Crippen molar-refractivity contribution < 1.29 is 39.9 Å². The van der Waals surface area contributed by atoms with Gasteiger partial charge in [-0.2, -0.15) is 0 Å². The van der Waals surface area contributed by atoms with Crippen molar-refractivity contribution in [2.75, 3.05) is 6.61 Å². The largest absolute Gasteiger partial charge is 0.394 e. The Kier molecular flexibility index (Phi) is 5.71. The number of ketones is 3. The van der Waals surface area contributed by atoms with Crippen molar-refractivity contribution in [3.8, 4) is 0 Å². The summed E-state index contributed by atoms with van der Waals surface area (Å²) in [6.07, 6.45) is -6.49. The topological polar surface area (TPSA) is 152 Å². The lowest BCUT2D eigenvalue weighted by atomic mass is 9.82. The molecule has 5 N–H and O–H groups in total. The number of carbonyl (C=O) groups is 3. The van der Waals surface area contributed by atoms with Crippen LogP contribution in [0.15, 0.2) is 0 Å². The predicted octanol–water partition coefficient (Wildman–Crippen LogP) is -3.46. The fraction of sp³-hybridized carbons (Fsp3) is 0.700. The maximum absolute atomic E-state index is 11.4. The first-order valence-electron chi connectivity index (χ1n) is 5.04. The molecule has 0 aliphatic heterocycles. The van der Waals surface area contributed by atoms with Crippen molar-refractivity contribution in [1.82, 2.24) is 0 Å². The minimum atomic E-state index is -3.15. The van der Waals surface area contributed by atoms with Crippen LogP contribution in [0.25, 0.3) is 0 Å². The zero-order valence-electron chi connectivity index (χ0n) is 9.90. The highest BCUT2D eigenvalue weighted by atomic mass is 16.4. The minimum Gasteiger partial charge on any atom is -0.394 e. The second-order valence-electron chi connectivity index (χ2n) is 3.89. The summed E-state index contributed by atoms with van der Waals surface area (Å²) in [5.41, 5.74) is -3.15. The summed E-state index contributed by atoms with van der Waals surface area (Å²) in [7, 11) is 0. The van der Waals surface area contributed by atoms with E-state index in [-0.39, 0.29) is 0 Å². The van der Waals surface area contributed by atoms with Crippen LogP contribution in [0.2, 0.25) is 0 Å². The van der Waals surface area contributed by atoms with E-state index in [0.717, 1.165) is 13.8 Å². The van der Waals surface area contributed by atoms with E-state index in [2.05, 4.69) is 0 Å². The average molecular weight is 264 g/mol. The van der Waals surface area contributed by atoms with Crippen LogP contribution in [0, 0.1) is 0 Å². The predicted molar refractivity (Wildman–Crippen MR) is 56.4 cm³/mol. The zero-order valence-corrected chi connectivity index (χ0v) is 9.90. The van der Waals surface area contributed by atoms with Crippen molar-refractivity contribution in [2.24, 2.45) is 0 Å². The third-order valence-corrected chi connectivity index (χ3v) is 2.54. The van der Waals surface area contributed by atoms with E-state index in [1.165, 1.54) is 0 Å². The summed E-state index contributed by atoms with van der Waals surface area (Å²) in [4.78, 5) is 33.6. The van der Waals surface area contributed by atoms with Crippen LogP contribution in [0.4, 0.5) is 0 Å². The maximum atomic E-state index is 11.4. The molecule has 104 valence electrons. The smallest absolute Gasteiger partial charge is 0.239 e. The highest BCUT2D eigenvalue weighted by Crippen LogP contribution is 2.19. The van der Waals surface area contributed by atoms with Crippen LogP contribution in [-0.4, -0.2) is 73.4 Å². The standard InChI is InChI=1S/C10H16O8/c1-4(12)8(16)10(18,5(2)13)9(17)7(15)6(14)3-11/h6-7,9,11,14-15,17-18H,3H2,1-2H3. The number of rotatable bonds is 7. The molecule has 0 fully saturated rings. The molecule has 0 amide bonds. The molecule has 0 aromatic carbocycles. The molecule has 0 heterocycles. The van der Waals surface area contributed by atoms with Gasteiger partial charge in [-0.1, -0.05) is 0 Å². The first-order chi connectivity index (χ1) is 8.10. The number of Topliss-reactive ketones (excluding diaryl/α,β-unsaturated/α-hetero) is 3. The molecule has 4 unspecified atom stereocenters. The molecule has 8 heteroatoms. The average Bonchev–Trinajstić information content (AvgIpc) is 2.33. The molecule has 0 bridgehead atoms. The fourth-order valence-corrected chi connectivity index (χ4v) is 1.34. The Morgan fingerprint density at radius 3 is 1.83 bits per heavy atom. The summed E-state index contributed by atoms with van der Waals surface area (Å²) in [6, 6.07) is 0. The van der Waals surface area contributed by atoms with Gasteiger partial charge in [-0.15, -0.1) is 0 Å². The summed E-state index contributed by atoms with van der Waals surface area (Å²) in [6.45, 7) is 0.542. The van der Waals surface area contributed by atoms with Crippen LogP contribution in [0.3, 0.4) is 0 Å². The second kappa shape index (κ2) is 6.12. The van der Waals surface area contributed by atoms with Gasteiger partial charge in [0.2, 0.25) is 11.4 Å². The number of hydrogen-bond acceptors (Lipinski definition) is 8. The second-order valence-corrected chi connectivity index (χ2v) is 3.89. The minimum absolute atomic E-state index is 0.738. The lowest BCUT2D eigenvalue weighted by Gasteiger charge is -2.32. The summed E-state index contributed by atoms with van der Waals surface area (Å²) in [5, 5.41) is 46.4. The van der Waals surface area contributed by atoms with Crippen LogP contribution < -0.4 is 0 Å². The highest BCUT2D eigenvalue weighted by molar-refractivity contribution is 6.44. The van der Waals surface area contributed by atoms with Gasteiger partial charge in [-0.25, -0.2) is 0 Å². The van der Waals surface area contributed by atoms with Crippen LogP contribution >= 0.6 is 0 Å². The van der Waals surface area contributed by atoms with E-state index < -0.39 is 47.9 Å². The van der Waals surface area contributed by atoms with Gasteiger partial charge in [0.25, 0.3) is 0 Å². The number of aliphatic hydroxyl groups is 5. The number of carbonyl (C=O) groups excluding carboxylic acids is 3. The van der Waals surface area contributed by atoms with Crippen molar-refractivity contribution >= 4 is 17.3 Å². The molecule has 0 aliphatic carbocycles. The van der Waals surface area contributed by atoms with Gasteiger partial charge in [-0.05, 0) is 6.92 Å². The third kappa shape index (κ3) is 2.98. The Hall–Kier alpha value is -1.19. The molecule has 0 saturated carbocycles. The molecular formula is C10H16O8. The van der Waals surface area contributed by atoms with Gasteiger partial charge in [0, 0.05) is 6.92 Å². The van der Waals surface area contributed by atoms with Gasteiger partial charge in [0.15, 0.2) is 11.6 Å². The molecule has 8 nitrogen and oxygen atoms in total. The van der Waals surface area contributed by atoms with Gasteiger partial charge >= 0.3 is 0 Å². The molecule has 0 saturated heterocycles. The first-order valence-corrected chi connectivity index (χ1v) is 5.04. The van der Waals surface area contributed by atoms with E-state index in [1.54, 1.807) is 0 Å². The van der Waals surface area contributed by atoms with E-state index in [9.17, 15) is 29.7 Å². The zero-order chi connectivity index (χ0) is 14.7. The summed E-state index contributed by atoms with van der Waals surface area (Å²) >= 11 is 0. The van der Waals surface area contributed by atoms with Crippen molar-refractivity contribution in [2.45, 2.75) is 37.8 Å². The fourth-order valence-electron chi connectivity index (χ4n) is 1.34. The van der Waals surface area contributed by atoms with Crippen LogP contribution in [0.1, 0.15) is 13.8 Å². The van der Waals surface area contributed by atoms with Crippen molar-refractivity contribution in [3.05, 3.63) is 0 Å². The quantitative estimate of drug-likeness (QED) is 0.235. The Morgan fingerprint density at radius 2 is 1.56 bits per heavy atom. The third-order valence-electron chi connectivity index (χ3n) is 2.54. The summed E-state index contributed by atoms with van der Waals surface area (Å²) in [5.74, 6) is -4.07. The molecule has 0 spiro atoms. The maximum Gasteiger partial charge on any atom is 0.239 e. The number of hydrogen-bond donors (Lipinski definition) is 5. The molecule has 0 radical (unpaired) electrons. The molecular weight excluding hydrogens is 248 g/mol. The van der Waals surface area contributed by atoms with Crippen LogP contribution in [-0.2, 0) is 14.4 Å². The van der Waals surface area contributed by atoms with E-state index >= 15 is 0 Å². The lowest BCUT2D eigenvalue weighted by molar-refractivity contribution is -0.181. The SMILES string of the molecule is CC(=O)C(=O)C(O)(C(C)=O)C(O)C(O)C(O)CO.